The number of rotatable bonds is 6. The van der Waals surface area contributed by atoms with E-state index in [0.717, 1.165) is 0 Å². The highest BCUT2D eigenvalue weighted by Crippen LogP contribution is 2.41. The van der Waals surface area contributed by atoms with E-state index in [0.29, 0.717) is 39.4 Å². The number of carbonyl (C=O) groups is 2. The minimum atomic E-state index is -0.693. The SMILES string of the molecule is CC1=C(C(=O)OCCOC(C)C)[C@H](c2cc3c(cc2Br)OCO3)NC(=O)N1. The Bertz CT molecular complexity index is 792. The second-order valence-corrected chi connectivity index (χ2v) is 7.21. The summed E-state index contributed by atoms with van der Waals surface area (Å²) in [5, 5.41) is 5.39. The lowest BCUT2D eigenvalue weighted by Crippen LogP contribution is -2.45. The van der Waals surface area contributed by atoms with Gasteiger partial charge in [0.05, 0.1) is 24.3 Å². The van der Waals surface area contributed by atoms with Crippen LogP contribution >= 0.6 is 15.9 Å². The van der Waals surface area contributed by atoms with E-state index in [-0.39, 0.29) is 19.5 Å². The number of fused-ring (bicyclic) bond motifs is 1. The molecule has 146 valence electrons. The summed E-state index contributed by atoms with van der Waals surface area (Å²) in [4.78, 5) is 24.7. The van der Waals surface area contributed by atoms with Crippen LogP contribution in [0.2, 0.25) is 0 Å². The summed E-state index contributed by atoms with van der Waals surface area (Å²) in [5.74, 6) is 0.625. The summed E-state index contributed by atoms with van der Waals surface area (Å²) >= 11 is 3.48. The van der Waals surface area contributed by atoms with E-state index in [1.165, 1.54) is 0 Å². The van der Waals surface area contributed by atoms with Crippen molar-refractivity contribution in [1.29, 1.82) is 0 Å². The smallest absolute Gasteiger partial charge is 0.338 e. The number of benzene rings is 1. The molecule has 1 aromatic carbocycles. The molecule has 0 fully saturated rings. The zero-order valence-electron chi connectivity index (χ0n) is 15.3. The molecule has 2 heterocycles. The van der Waals surface area contributed by atoms with Gasteiger partial charge in [-0.2, -0.15) is 0 Å². The molecular weight excluding hydrogens is 420 g/mol. The fourth-order valence-corrected chi connectivity index (χ4v) is 3.40. The Hall–Kier alpha value is -2.26. The molecule has 0 radical (unpaired) electrons. The van der Waals surface area contributed by atoms with Crippen LogP contribution in [-0.4, -0.2) is 38.1 Å². The molecule has 9 heteroatoms. The quantitative estimate of drug-likeness (QED) is 0.521. The maximum Gasteiger partial charge on any atom is 0.338 e. The van der Waals surface area contributed by atoms with Crippen molar-refractivity contribution in [2.45, 2.75) is 32.9 Å². The average Bonchev–Trinajstić information content (AvgIpc) is 3.04. The van der Waals surface area contributed by atoms with Crippen molar-refractivity contribution in [2.75, 3.05) is 20.0 Å². The Morgan fingerprint density at radius 1 is 1.30 bits per heavy atom. The highest BCUT2D eigenvalue weighted by molar-refractivity contribution is 9.10. The molecule has 0 spiro atoms. The van der Waals surface area contributed by atoms with Gasteiger partial charge in [-0.05, 0) is 38.5 Å². The number of nitrogens with one attached hydrogen (secondary N) is 2. The van der Waals surface area contributed by atoms with Crippen molar-refractivity contribution in [3.63, 3.8) is 0 Å². The van der Waals surface area contributed by atoms with Crippen LogP contribution in [-0.2, 0) is 14.3 Å². The zero-order valence-corrected chi connectivity index (χ0v) is 16.8. The fourth-order valence-electron chi connectivity index (χ4n) is 2.85. The Labute approximate surface area is 165 Å². The molecule has 8 nitrogen and oxygen atoms in total. The summed E-state index contributed by atoms with van der Waals surface area (Å²) in [6.07, 6.45) is 0.0534. The van der Waals surface area contributed by atoms with Gasteiger partial charge in [-0.25, -0.2) is 9.59 Å². The fraction of sp³-hybridized carbons (Fsp3) is 0.444. The molecule has 2 amide bonds. The van der Waals surface area contributed by atoms with Crippen LogP contribution < -0.4 is 20.1 Å². The van der Waals surface area contributed by atoms with E-state index in [2.05, 4.69) is 26.6 Å². The van der Waals surface area contributed by atoms with Gasteiger partial charge in [0, 0.05) is 10.2 Å². The van der Waals surface area contributed by atoms with Crippen molar-refractivity contribution in [1.82, 2.24) is 10.6 Å². The summed E-state index contributed by atoms with van der Waals surface area (Å²) < 4.78 is 22.2. The van der Waals surface area contributed by atoms with Crippen molar-refractivity contribution in [3.8, 4) is 11.5 Å². The Morgan fingerprint density at radius 2 is 2.00 bits per heavy atom. The summed E-state index contributed by atoms with van der Waals surface area (Å²) in [7, 11) is 0. The van der Waals surface area contributed by atoms with E-state index >= 15 is 0 Å². The predicted octanol–water partition coefficient (Wildman–Crippen LogP) is 2.77. The van der Waals surface area contributed by atoms with E-state index in [9.17, 15) is 9.59 Å². The maximum absolute atomic E-state index is 12.7. The second-order valence-electron chi connectivity index (χ2n) is 6.35. The van der Waals surface area contributed by atoms with Gasteiger partial charge in [0.25, 0.3) is 0 Å². The molecule has 1 atom stereocenters. The highest BCUT2D eigenvalue weighted by Gasteiger charge is 2.34. The molecule has 27 heavy (non-hydrogen) atoms. The molecule has 0 aliphatic carbocycles. The van der Waals surface area contributed by atoms with Crippen LogP contribution in [0.15, 0.2) is 27.9 Å². The van der Waals surface area contributed by atoms with Crippen LogP contribution in [0.25, 0.3) is 0 Å². The van der Waals surface area contributed by atoms with Gasteiger partial charge in [0.15, 0.2) is 11.5 Å². The van der Waals surface area contributed by atoms with Crippen molar-refractivity contribution in [3.05, 3.63) is 33.4 Å². The number of hydrogen-bond donors (Lipinski definition) is 2. The monoisotopic (exact) mass is 440 g/mol. The van der Waals surface area contributed by atoms with Crippen molar-refractivity contribution in [2.24, 2.45) is 0 Å². The highest BCUT2D eigenvalue weighted by atomic mass is 79.9. The third-order valence-corrected chi connectivity index (χ3v) is 4.75. The van der Waals surface area contributed by atoms with Crippen LogP contribution in [0.4, 0.5) is 4.79 Å². The van der Waals surface area contributed by atoms with Crippen LogP contribution in [0, 0.1) is 0 Å². The van der Waals surface area contributed by atoms with E-state index in [1.54, 1.807) is 19.1 Å². The van der Waals surface area contributed by atoms with E-state index in [1.807, 2.05) is 13.8 Å². The molecule has 1 aromatic rings. The molecule has 0 aromatic heterocycles. The molecule has 2 aliphatic rings. The van der Waals surface area contributed by atoms with Gasteiger partial charge in [-0.3, -0.25) is 0 Å². The Balaban J connectivity index is 1.85. The zero-order chi connectivity index (χ0) is 19.6. The first kappa shape index (κ1) is 19.5. The van der Waals surface area contributed by atoms with Crippen LogP contribution in [0.3, 0.4) is 0 Å². The van der Waals surface area contributed by atoms with Gasteiger partial charge < -0.3 is 29.6 Å². The van der Waals surface area contributed by atoms with Crippen LogP contribution in [0.5, 0.6) is 11.5 Å². The minimum Gasteiger partial charge on any atom is -0.460 e. The number of hydrogen-bond acceptors (Lipinski definition) is 6. The first-order valence-corrected chi connectivity index (χ1v) is 9.32. The Kier molecular flexibility index (Phi) is 5.91. The molecule has 0 unspecified atom stereocenters. The van der Waals surface area contributed by atoms with Gasteiger partial charge >= 0.3 is 12.0 Å². The average molecular weight is 441 g/mol. The molecule has 2 N–H and O–H groups in total. The number of amides is 2. The lowest BCUT2D eigenvalue weighted by molar-refractivity contribution is -0.141. The topological polar surface area (TPSA) is 95.1 Å². The molecule has 0 saturated heterocycles. The van der Waals surface area contributed by atoms with Crippen LogP contribution in [0.1, 0.15) is 32.4 Å². The number of allylic oxidation sites excluding steroid dienone is 1. The van der Waals surface area contributed by atoms with E-state index < -0.39 is 18.0 Å². The molecule has 2 aliphatic heterocycles. The molecule has 3 rings (SSSR count). The number of carbonyl (C=O) groups excluding carboxylic acids is 2. The van der Waals surface area contributed by atoms with E-state index in [4.69, 9.17) is 18.9 Å². The summed E-state index contributed by atoms with van der Waals surface area (Å²) in [6, 6.07) is 2.40. The van der Waals surface area contributed by atoms with Gasteiger partial charge in [0.1, 0.15) is 6.61 Å². The molecule has 0 bridgehead atoms. The number of ether oxygens (including phenoxy) is 4. The predicted molar refractivity (Wildman–Crippen MR) is 99.4 cm³/mol. The first-order valence-electron chi connectivity index (χ1n) is 8.53. The lowest BCUT2D eigenvalue weighted by atomic mass is 9.95. The van der Waals surface area contributed by atoms with Crippen molar-refractivity contribution < 1.29 is 28.5 Å². The Morgan fingerprint density at radius 3 is 2.70 bits per heavy atom. The number of esters is 1. The minimum absolute atomic E-state index is 0.0534. The maximum atomic E-state index is 12.7. The number of urea groups is 1. The standard InChI is InChI=1S/C18H21BrN2O6/c1-9(2)24-4-5-25-17(22)15-10(3)20-18(23)21-16(15)11-6-13-14(7-12(11)19)27-8-26-13/h6-7,9,16H,4-5,8H2,1-3H3,(H2,20,21,23)/t16-/m0/s1. The third-order valence-electron chi connectivity index (χ3n) is 4.06. The largest absolute Gasteiger partial charge is 0.460 e. The molecular formula is C18H21BrN2O6. The van der Waals surface area contributed by atoms with Gasteiger partial charge in [-0.1, -0.05) is 15.9 Å². The second kappa shape index (κ2) is 8.18. The molecule has 0 saturated carbocycles. The van der Waals surface area contributed by atoms with Gasteiger partial charge in [-0.15, -0.1) is 0 Å². The normalized spacial score (nSPS) is 18.4. The summed E-state index contributed by atoms with van der Waals surface area (Å²) in [5.41, 5.74) is 1.42. The van der Waals surface area contributed by atoms with Crippen molar-refractivity contribution >= 4 is 27.9 Å². The lowest BCUT2D eigenvalue weighted by Gasteiger charge is -2.29. The van der Waals surface area contributed by atoms with Gasteiger partial charge in [0.2, 0.25) is 6.79 Å². The third kappa shape index (κ3) is 4.36. The first-order chi connectivity index (χ1) is 12.9. The summed E-state index contributed by atoms with van der Waals surface area (Å²) in [6.45, 7) is 6.02. The number of halogens is 1.